The van der Waals surface area contributed by atoms with Gasteiger partial charge in [0.15, 0.2) is 0 Å². The van der Waals surface area contributed by atoms with E-state index in [-0.39, 0.29) is 0 Å². The van der Waals surface area contributed by atoms with E-state index in [1.54, 1.807) is 0 Å². The van der Waals surface area contributed by atoms with Crippen molar-refractivity contribution in [1.29, 1.82) is 0 Å². The molecular formula is C18H19N3. The molecule has 2 aromatic carbocycles. The van der Waals surface area contributed by atoms with E-state index < -0.39 is 0 Å². The van der Waals surface area contributed by atoms with Gasteiger partial charge in [-0.15, -0.1) is 0 Å². The van der Waals surface area contributed by atoms with Crippen molar-refractivity contribution in [3.63, 3.8) is 0 Å². The third kappa shape index (κ3) is 2.09. The number of hydrogen-bond donors (Lipinski definition) is 2. The summed E-state index contributed by atoms with van der Waals surface area (Å²) in [6.07, 6.45) is 1.04. The van der Waals surface area contributed by atoms with E-state index in [9.17, 15) is 0 Å². The minimum Gasteiger partial charge on any atom is -0.384 e. The third-order valence-corrected chi connectivity index (χ3v) is 4.35. The van der Waals surface area contributed by atoms with Crippen LogP contribution in [0.25, 0.3) is 11.0 Å². The van der Waals surface area contributed by atoms with E-state index in [4.69, 9.17) is 4.98 Å². The van der Waals surface area contributed by atoms with Crippen molar-refractivity contribution in [2.24, 2.45) is 0 Å². The Hall–Kier alpha value is -2.29. The highest BCUT2D eigenvalue weighted by atomic mass is 15.0. The Labute approximate surface area is 124 Å². The minimum atomic E-state index is 0.409. The highest BCUT2D eigenvalue weighted by Gasteiger charge is 2.22. The molecule has 0 bridgehead atoms. The predicted octanol–water partition coefficient (Wildman–Crippen LogP) is 3.93. The number of rotatable bonds is 1. The van der Waals surface area contributed by atoms with Crippen molar-refractivity contribution < 1.29 is 0 Å². The molecule has 0 fully saturated rings. The Balaban J connectivity index is 1.73. The van der Waals surface area contributed by atoms with Gasteiger partial charge < -0.3 is 10.3 Å². The molecule has 1 aliphatic rings. The van der Waals surface area contributed by atoms with Gasteiger partial charge in [0.1, 0.15) is 5.82 Å². The standard InChI is InChI=1S/C18H19N3/c1-11-7-12(2)17-16(8-11)20-18(21-17)14-9-13-5-3-4-6-15(13)19-10-14/h3-8,14,19H,9-10H2,1-2H3,(H,20,21). The molecule has 2 N–H and O–H groups in total. The van der Waals surface area contributed by atoms with Crippen molar-refractivity contribution in [1.82, 2.24) is 9.97 Å². The van der Waals surface area contributed by atoms with E-state index in [0.717, 1.165) is 29.8 Å². The number of aryl methyl sites for hydroxylation is 2. The summed E-state index contributed by atoms with van der Waals surface area (Å²) in [7, 11) is 0. The molecule has 1 unspecified atom stereocenters. The lowest BCUT2D eigenvalue weighted by Crippen LogP contribution is -2.22. The molecule has 4 rings (SSSR count). The quantitative estimate of drug-likeness (QED) is 0.707. The number of nitrogens with one attached hydrogen (secondary N) is 2. The number of aromatic nitrogens is 2. The maximum absolute atomic E-state index is 4.85. The fraction of sp³-hybridized carbons (Fsp3) is 0.278. The molecule has 1 aromatic heterocycles. The van der Waals surface area contributed by atoms with E-state index in [1.807, 2.05) is 0 Å². The van der Waals surface area contributed by atoms with E-state index >= 15 is 0 Å². The molecule has 3 nitrogen and oxygen atoms in total. The molecule has 0 radical (unpaired) electrons. The smallest absolute Gasteiger partial charge is 0.112 e. The van der Waals surface area contributed by atoms with Crippen molar-refractivity contribution in [3.05, 3.63) is 58.9 Å². The number of imidazole rings is 1. The minimum absolute atomic E-state index is 0.409. The van der Waals surface area contributed by atoms with Crippen LogP contribution in [0.3, 0.4) is 0 Å². The van der Waals surface area contributed by atoms with Gasteiger partial charge in [-0.05, 0) is 49.1 Å². The van der Waals surface area contributed by atoms with E-state index in [2.05, 4.69) is 60.5 Å². The molecule has 0 saturated carbocycles. The highest BCUT2D eigenvalue weighted by molar-refractivity contribution is 5.79. The van der Waals surface area contributed by atoms with Crippen LogP contribution in [0.4, 0.5) is 5.69 Å². The summed E-state index contributed by atoms with van der Waals surface area (Å²) in [4.78, 5) is 8.38. The van der Waals surface area contributed by atoms with Gasteiger partial charge in [-0.25, -0.2) is 4.98 Å². The SMILES string of the molecule is Cc1cc(C)c2nc(C3CNc4ccccc4C3)[nH]c2c1. The number of benzene rings is 2. The maximum Gasteiger partial charge on any atom is 0.112 e. The molecule has 1 atom stereocenters. The molecule has 1 aliphatic heterocycles. The Morgan fingerprint density at radius 2 is 2.00 bits per heavy atom. The molecule has 3 aromatic rings. The third-order valence-electron chi connectivity index (χ3n) is 4.35. The molecule has 0 aliphatic carbocycles. The Bertz CT molecular complexity index is 816. The van der Waals surface area contributed by atoms with Gasteiger partial charge in [0.05, 0.1) is 11.0 Å². The van der Waals surface area contributed by atoms with Crippen molar-refractivity contribution in [3.8, 4) is 0 Å². The Morgan fingerprint density at radius 3 is 2.90 bits per heavy atom. The summed E-state index contributed by atoms with van der Waals surface area (Å²) in [5.41, 5.74) is 7.42. The van der Waals surface area contributed by atoms with Gasteiger partial charge >= 0.3 is 0 Å². The molecule has 21 heavy (non-hydrogen) atoms. The molecule has 0 spiro atoms. The second-order valence-corrected chi connectivity index (χ2v) is 6.04. The largest absolute Gasteiger partial charge is 0.384 e. The average Bonchev–Trinajstić information content (AvgIpc) is 2.91. The fourth-order valence-electron chi connectivity index (χ4n) is 3.32. The number of fused-ring (bicyclic) bond motifs is 2. The molecule has 3 heteroatoms. The topological polar surface area (TPSA) is 40.7 Å². The summed E-state index contributed by atoms with van der Waals surface area (Å²) in [6, 6.07) is 12.9. The van der Waals surface area contributed by atoms with Crippen LogP contribution < -0.4 is 5.32 Å². The van der Waals surface area contributed by atoms with Crippen molar-refractivity contribution in [2.45, 2.75) is 26.2 Å². The van der Waals surface area contributed by atoms with Gasteiger partial charge in [-0.2, -0.15) is 0 Å². The van der Waals surface area contributed by atoms with Crippen LogP contribution in [0.5, 0.6) is 0 Å². The van der Waals surface area contributed by atoms with Gasteiger partial charge in [0.25, 0.3) is 0 Å². The zero-order valence-electron chi connectivity index (χ0n) is 12.4. The first-order valence-corrected chi connectivity index (χ1v) is 7.49. The molecule has 2 heterocycles. The number of para-hydroxylation sites is 1. The number of aromatic amines is 1. The van der Waals surface area contributed by atoms with Crippen LogP contribution >= 0.6 is 0 Å². The molecule has 0 saturated heterocycles. The average molecular weight is 277 g/mol. The molecule has 106 valence electrons. The van der Waals surface area contributed by atoms with Crippen LogP contribution in [-0.4, -0.2) is 16.5 Å². The van der Waals surface area contributed by atoms with Crippen molar-refractivity contribution in [2.75, 3.05) is 11.9 Å². The Kier molecular flexibility index (Phi) is 2.74. The normalized spacial score (nSPS) is 17.5. The summed E-state index contributed by atoms with van der Waals surface area (Å²) in [5.74, 6) is 1.51. The zero-order valence-corrected chi connectivity index (χ0v) is 12.4. The lowest BCUT2D eigenvalue weighted by molar-refractivity contribution is 0.659. The van der Waals surface area contributed by atoms with Gasteiger partial charge in [-0.1, -0.05) is 24.3 Å². The van der Waals surface area contributed by atoms with Gasteiger partial charge in [-0.3, -0.25) is 0 Å². The second-order valence-electron chi connectivity index (χ2n) is 6.04. The van der Waals surface area contributed by atoms with Gasteiger partial charge in [0.2, 0.25) is 0 Å². The monoisotopic (exact) mass is 277 g/mol. The highest BCUT2D eigenvalue weighted by Crippen LogP contribution is 2.30. The first-order chi connectivity index (χ1) is 10.2. The first-order valence-electron chi connectivity index (χ1n) is 7.49. The number of anilines is 1. The Morgan fingerprint density at radius 1 is 1.14 bits per heavy atom. The summed E-state index contributed by atoms with van der Waals surface area (Å²) in [6.45, 7) is 5.20. The number of nitrogens with zero attached hydrogens (tertiary/aromatic N) is 1. The van der Waals surface area contributed by atoms with Gasteiger partial charge in [0, 0.05) is 18.2 Å². The van der Waals surface area contributed by atoms with Crippen LogP contribution in [0.2, 0.25) is 0 Å². The predicted molar refractivity (Wildman–Crippen MR) is 86.9 cm³/mol. The van der Waals surface area contributed by atoms with Crippen LogP contribution in [0.15, 0.2) is 36.4 Å². The van der Waals surface area contributed by atoms with E-state index in [0.29, 0.717) is 5.92 Å². The summed E-state index contributed by atoms with van der Waals surface area (Å²) in [5, 5.41) is 3.52. The first kappa shape index (κ1) is 12.5. The lowest BCUT2D eigenvalue weighted by atomic mass is 9.93. The summed E-state index contributed by atoms with van der Waals surface area (Å²) >= 11 is 0. The molecular weight excluding hydrogens is 258 g/mol. The fourth-order valence-corrected chi connectivity index (χ4v) is 3.32. The number of H-pyrrole nitrogens is 1. The van der Waals surface area contributed by atoms with Crippen molar-refractivity contribution >= 4 is 16.7 Å². The van der Waals surface area contributed by atoms with Crippen LogP contribution in [0.1, 0.15) is 28.4 Å². The van der Waals surface area contributed by atoms with E-state index in [1.165, 1.54) is 22.4 Å². The van der Waals surface area contributed by atoms with Crippen LogP contribution in [0, 0.1) is 13.8 Å². The van der Waals surface area contributed by atoms with Crippen LogP contribution in [-0.2, 0) is 6.42 Å². The molecule has 0 amide bonds. The summed E-state index contributed by atoms with van der Waals surface area (Å²) < 4.78 is 0. The number of hydrogen-bond acceptors (Lipinski definition) is 2. The maximum atomic E-state index is 4.85. The zero-order chi connectivity index (χ0) is 14.4. The lowest BCUT2D eigenvalue weighted by Gasteiger charge is -2.24. The second kappa shape index (κ2) is 4.62.